The lowest BCUT2D eigenvalue weighted by Crippen LogP contribution is -2.25. The third-order valence-corrected chi connectivity index (χ3v) is 5.05. The van der Waals surface area contributed by atoms with Crippen LogP contribution >= 0.6 is 0 Å². The topological polar surface area (TPSA) is 56.6 Å². The Hall–Kier alpha value is -1.65. The second-order valence-corrected chi connectivity index (χ2v) is 6.29. The van der Waals surface area contributed by atoms with Crippen LogP contribution in [0.25, 0.3) is 10.8 Å². The van der Waals surface area contributed by atoms with E-state index in [2.05, 4.69) is 22.0 Å². The fourth-order valence-corrected chi connectivity index (χ4v) is 3.97. The summed E-state index contributed by atoms with van der Waals surface area (Å²) in [6.07, 6.45) is 1.89. The molecule has 1 aliphatic carbocycles. The number of aromatic nitrogens is 1. The van der Waals surface area contributed by atoms with Gasteiger partial charge >= 0.3 is 0 Å². The SMILES string of the molecule is OCc1cc2ccccc2c(N2CC3CCC(O)C3C2)n1. The third kappa shape index (κ3) is 2.10. The largest absolute Gasteiger partial charge is 0.393 e. The molecule has 4 nitrogen and oxygen atoms in total. The fourth-order valence-electron chi connectivity index (χ4n) is 3.97. The number of pyridine rings is 1. The quantitative estimate of drug-likeness (QED) is 0.885. The van der Waals surface area contributed by atoms with Crippen LogP contribution in [0, 0.1) is 11.8 Å². The van der Waals surface area contributed by atoms with Crippen molar-refractivity contribution < 1.29 is 10.2 Å². The molecule has 3 atom stereocenters. The highest BCUT2D eigenvalue weighted by Gasteiger charge is 2.42. The minimum atomic E-state index is -0.160. The van der Waals surface area contributed by atoms with Gasteiger partial charge in [-0.25, -0.2) is 4.98 Å². The summed E-state index contributed by atoms with van der Waals surface area (Å²) in [4.78, 5) is 6.94. The van der Waals surface area contributed by atoms with Crippen LogP contribution in [-0.4, -0.2) is 34.4 Å². The molecule has 1 aromatic heterocycles. The molecule has 1 aromatic carbocycles. The number of rotatable bonds is 2. The third-order valence-electron chi connectivity index (χ3n) is 5.05. The van der Waals surface area contributed by atoms with Crippen LogP contribution in [0.4, 0.5) is 5.82 Å². The lowest BCUT2D eigenvalue weighted by molar-refractivity contribution is 0.133. The number of hydrogen-bond acceptors (Lipinski definition) is 4. The second kappa shape index (κ2) is 4.97. The van der Waals surface area contributed by atoms with E-state index in [0.29, 0.717) is 17.5 Å². The van der Waals surface area contributed by atoms with Crippen LogP contribution in [0.15, 0.2) is 30.3 Å². The summed E-state index contributed by atoms with van der Waals surface area (Å²) < 4.78 is 0. The van der Waals surface area contributed by atoms with E-state index in [-0.39, 0.29) is 12.7 Å². The molecule has 0 bridgehead atoms. The van der Waals surface area contributed by atoms with E-state index in [0.717, 1.165) is 42.5 Å². The zero-order valence-corrected chi connectivity index (χ0v) is 11.9. The monoisotopic (exact) mass is 284 g/mol. The standard InChI is InChI=1S/C17H20N2O2/c20-10-13-7-11-3-1-2-4-14(11)17(18-13)19-8-12-5-6-16(21)15(12)9-19/h1-4,7,12,15-16,20-21H,5-6,8-10H2. The Morgan fingerprint density at radius 2 is 2.05 bits per heavy atom. The van der Waals surface area contributed by atoms with Crippen molar-refractivity contribution in [2.45, 2.75) is 25.6 Å². The van der Waals surface area contributed by atoms with Crippen LogP contribution in [-0.2, 0) is 6.61 Å². The van der Waals surface area contributed by atoms with Crippen molar-refractivity contribution in [2.75, 3.05) is 18.0 Å². The zero-order chi connectivity index (χ0) is 14.4. The van der Waals surface area contributed by atoms with Gasteiger partial charge in [-0.15, -0.1) is 0 Å². The van der Waals surface area contributed by atoms with Crippen LogP contribution in [0.5, 0.6) is 0 Å². The zero-order valence-electron chi connectivity index (χ0n) is 11.9. The minimum absolute atomic E-state index is 0.0405. The number of hydrogen-bond donors (Lipinski definition) is 2. The number of anilines is 1. The summed E-state index contributed by atoms with van der Waals surface area (Å²) in [5.74, 6) is 1.92. The Morgan fingerprint density at radius 3 is 2.86 bits per heavy atom. The van der Waals surface area contributed by atoms with Crippen molar-refractivity contribution in [3.05, 3.63) is 36.0 Å². The van der Waals surface area contributed by atoms with E-state index in [4.69, 9.17) is 0 Å². The molecule has 2 aliphatic rings. The van der Waals surface area contributed by atoms with Gasteiger partial charge in [0.1, 0.15) is 5.82 Å². The van der Waals surface area contributed by atoms with Gasteiger partial charge in [-0.3, -0.25) is 0 Å². The van der Waals surface area contributed by atoms with Gasteiger partial charge < -0.3 is 15.1 Å². The second-order valence-electron chi connectivity index (χ2n) is 6.29. The van der Waals surface area contributed by atoms with Crippen LogP contribution in [0.3, 0.4) is 0 Å². The van der Waals surface area contributed by atoms with Crippen LogP contribution in [0.1, 0.15) is 18.5 Å². The first-order chi connectivity index (χ1) is 10.3. The van der Waals surface area contributed by atoms with Gasteiger partial charge in [0.2, 0.25) is 0 Å². The normalized spacial score (nSPS) is 28.3. The molecule has 2 fully saturated rings. The summed E-state index contributed by atoms with van der Waals surface area (Å²) in [6, 6.07) is 10.1. The Labute approximate surface area is 124 Å². The van der Waals surface area contributed by atoms with Gasteiger partial charge in [0.25, 0.3) is 0 Å². The van der Waals surface area contributed by atoms with E-state index in [9.17, 15) is 10.2 Å². The first kappa shape index (κ1) is 13.0. The maximum Gasteiger partial charge on any atom is 0.136 e. The van der Waals surface area contributed by atoms with Gasteiger partial charge in [-0.05, 0) is 30.2 Å². The molecule has 1 aliphatic heterocycles. The molecule has 2 heterocycles. The molecule has 3 unspecified atom stereocenters. The molecule has 0 spiro atoms. The molecular weight excluding hydrogens is 264 g/mol. The van der Waals surface area contributed by atoms with Crippen molar-refractivity contribution in [3.63, 3.8) is 0 Å². The van der Waals surface area contributed by atoms with Gasteiger partial charge in [0, 0.05) is 24.4 Å². The number of aliphatic hydroxyl groups excluding tert-OH is 2. The first-order valence-electron chi connectivity index (χ1n) is 7.69. The smallest absolute Gasteiger partial charge is 0.136 e. The molecule has 4 rings (SSSR count). The van der Waals surface area contributed by atoms with Gasteiger partial charge in [-0.2, -0.15) is 0 Å². The average Bonchev–Trinajstić information content (AvgIpc) is 3.08. The lowest BCUT2D eigenvalue weighted by atomic mass is 10.00. The highest BCUT2D eigenvalue weighted by atomic mass is 16.3. The van der Waals surface area contributed by atoms with E-state index < -0.39 is 0 Å². The van der Waals surface area contributed by atoms with Crippen molar-refractivity contribution in [1.82, 2.24) is 4.98 Å². The highest BCUT2D eigenvalue weighted by Crippen LogP contribution is 2.40. The summed E-state index contributed by atoms with van der Waals surface area (Å²) >= 11 is 0. The van der Waals surface area contributed by atoms with E-state index in [1.165, 1.54) is 0 Å². The summed E-state index contributed by atoms with van der Waals surface area (Å²) in [5, 5.41) is 21.8. The molecule has 4 heteroatoms. The molecule has 2 aromatic rings. The molecule has 110 valence electrons. The van der Waals surface area contributed by atoms with E-state index in [1.807, 2.05) is 18.2 Å². The van der Waals surface area contributed by atoms with Crippen LogP contribution in [0.2, 0.25) is 0 Å². The molecular formula is C17H20N2O2. The molecule has 21 heavy (non-hydrogen) atoms. The first-order valence-corrected chi connectivity index (χ1v) is 7.69. The van der Waals surface area contributed by atoms with E-state index in [1.54, 1.807) is 0 Å². The molecule has 2 N–H and O–H groups in total. The van der Waals surface area contributed by atoms with Crippen molar-refractivity contribution in [3.8, 4) is 0 Å². The Morgan fingerprint density at radius 1 is 1.19 bits per heavy atom. The predicted molar refractivity (Wildman–Crippen MR) is 82.1 cm³/mol. The predicted octanol–water partition coefficient (Wildman–Crippen LogP) is 1.93. The van der Waals surface area contributed by atoms with Crippen LogP contribution < -0.4 is 4.90 Å². The van der Waals surface area contributed by atoms with Crippen molar-refractivity contribution >= 4 is 16.6 Å². The minimum Gasteiger partial charge on any atom is -0.393 e. The van der Waals surface area contributed by atoms with Gasteiger partial charge in [0.15, 0.2) is 0 Å². The lowest BCUT2D eigenvalue weighted by Gasteiger charge is -2.22. The number of fused-ring (bicyclic) bond motifs is 2. The van der Waals surface area contributed by atoms with E-state index >= 15 is 0 Å². The number of nitrogens with zero attached hydrogens (tertiary/aromatic N) is 2. The number of aliphatic hydroxyl groups is 2. The molecule has 1 saturated carbocycles. The summed E-state index contributed by atoms with van der Waals surface area (Å²) in [7, 11) is 0. The fraction of sp³-hybridized carbons (Fsp3) is 0.471. The molecule has 0 amide bonds. The Bertz CT molecular complexity index is 673. The van der Waals surface area contributed by atoms with Gasteiger partial charge in [-0.1, -0.05) is 24.3 Å². The van der Waals surface area contributed by atoms with Crippen molar-refractivity contribution in [2.24, 2.45) is 11.8 Å². The maximum absolute atomic E-state index is 10.1. The van der Waals surface area contributed by atoms with Gasteiger partial charge in [0.05, 0.1) is 18.4 Å². The average molecular weight is 284 g/mol. The summed E-state index contributed by atoms with van der Waals surface area (Å²) in [6.45, 7) is 1.80. The molecule has 1 saturated heterocycles. The Balaban J connectivity index is 1.76. The number of benzene rings is 1. The molecule has 0 radical (unpaired) electrons. The Kier molecular flexibility index (Phi) is 3.08. The summed E-state index contributed by atoms with van der Waals surface area (Å²) in [5.41, 5.74) is 0.710. The maximum atomic E-state index is 10.1. The highest BCUT2D eigenvalue weighted by molar-refractivity contribution is 5.92. The van der Waals surface area contributed by atoms with Crippen molar-refractivity contribution in [1.29, 1.82) is 0 Å².